The molecule has 1 unspecified atom stereocenters. The van der Waals surface area contributed by atoms with Gasteiger partial charge in [-0.3, -0.25) is 0 Å². The van der Waals surface area contributed by atoms with Crippen LogP contribution in [0.15, 0.2) is 42.5 Å². The number of aryl methyl sites for hydroxylation is 1. The summed E-state index contributed by atoms with van der Waals surface area (Å²) in [7, 11) is 0. The fraction of sp³-hybridized carbons (Fsp3) is 0.294. The average molecular weight is 288 g/mol. The van der Waals surface area contributed by atoms with Crippen molar-refractivity contribution in [2.75, 3.05) is 0 Å². The van der Waals surface area contributed by atoms with Gasteiger partial charge in [0, 0.05) is 11.1 Å². The van der Waals surface area contributed by atoms with Gasteiger partial charge in [-0.05, 0) is 60.2 Å². The third kappa shape index (κ3) is 2.97. The molecule has 2 aromatic rings. The maximum absolute atomic E-state index is 6.12. The third-order valence-corrected chi connectivity index (χ3v) is 4.05. The Balaban J connectivity index is 1.70. The molecule has 2 nitrogen and oxygen atoms in total. The molecule has 0 fully saturated rings. The summed E-state index contributed by atoms with van der Waals surface area (Å²) in [6.07, 6.45) is 3.34. The van der Waals surface area contributed by atoms with Gasteiger partial charge in [0.1, 0.15) is 12.4 Å². The highest BCUT2D eigenvalue weighted by Crippen LogP contribution is 2.30. The van der Waals surface area contributed by atoms with Crippen LogP contribution in [0.2, 0.25) is 5.02 Å². The van der Waals surface area contributed by atoms with Gasteiger partial charge in [0.2, 0.25) is 0 Å². The van der Waals surface area contributed by atoms with Crippen molar-refractivity contribution >= 4 is 11.6 Å². The maximum Gasteiger partial charge on any atom is 0.120 e. The topological polar surface area (TPSA) is 35.2 Å². The quantitative estimate of drug-likeness (QED) is 0.916. The largest absolute Gasteiger partial charge is 0.489 e. The maximum atomic E-state index is 6.12. The van der Waals surface area contributed by atoms with Crippen LogP contribution in [-0.4, -0.2) is 0 Å². The highest BCUT2D eigenvalue weighted by molar-refractivity contribution is 6.30. The van der Waals surface area contributed by atoms with E-state index in [2.05, 4.69) is 12.1 Å². The second kappa shape index (κ2) is 5.86. The first kappa shape index (κ1) is 13.5. The normalized spacial score (nSPS) is 17.6. The number of nitrogens with two attached hydrogens (primary N) is 1. The van der Waals surface area contributed by atoms with Gasteiger partial charge in [0.05, 0.1) is 0 Å². The van der Waals surface area contributed by atoms with E-state index in [1.165, 1.54) is 11.1 Å². The molecule has 2 N–H and O–H groups in total. The van der Waals surface area contributed by atoms with Crippen molar-refractivity contribution in [1.82, 2.24) is 0 Å². The van der Waals surface area contributed by atoms with Crippen molar-refractivity contribution in [3.05, 3.63) is 64.2 Å². The van der Waals surface area contributed by atoms with E-state index < -0.39 is 0 Å². The molecular weight excluding hydrogens is 270 g/mol. The number of fused-ring (bicyclic) bond motifs is 1. The Morgan fingerprint density at radius 3 is 2.75 bits per heavy atom. The van der Waals surface area contributed by atoms with E-state index in [0.29, 0.717) is 6.61 Å². The number of halogens is 1. The molecule has 1 atom stereocenters. The molecule has 0 aromatic heterocycles. The lowest BCUT2D eigenvalue weighted by Crippen LogP contribution is -2.17. The number of benzene rings is 2. The number of hydrogen-bond donors (Lipinski definition) is 1. The van der Waals surface area contributed by atoms with E-state index in [-0.39, 0.29) is 6.04 Å². The van der Waals surface area contributed by atoms with Crippen LogP contribution in [-0.2, 0) is 13.0 Å². The van der Waals surface area contributed by atoms with Crippen molar-refractivity contribution in [3.63, 3.8) is 0 Å². The Kier molecular flexibility index (Phi) is 3.95. The molecule has 1 aliphatic rings. The molecule has 1 aliphatic carbocycles. The fourth-order valence-electron chi connectivity index (χ4n) is 2.67. The Bertz CT molecular complexity index is 594. The van der Waals surface area contributed by atoms with Crippen LogP contribution in [0.1, 0.15) is 35.6 Å². The SMILES string of the molecule is NC1CCCc2cc(OCc3ccc(Cl)cc3)ccc21. The monoisotopic (exact) mass is 287 g/mol. The van der Waals surface area contributed by atoms with Gasteiger partial charge in [-0.15, -0.1) is 0 Å². The molecular formula is C17H18ClNO. The molecule has 0 spiro atoms. The minimum atomic E-state index is 0.184. The lowest BCUT2D eigenvalue weighted by molar-refractivity contribution is 0.305. The van der Waals surface area contributed by atoms with Gasteiger partial charge in [0.15, 0.2) is 0 Å². The van der Waals surface area contributed by atoms with Crippen LogP contribution in [0.3, 0.4) is 0 Å². The smallest absolute Gasteiger partial charge is 0.120 e. The molecule has 104 valence electrons. The highest BCUT2D eigenvalue weighted by atomic mass is 35.5. The fourth-order valence-corrected chi connectivity index (χ4v) is 2.79. The third-order valence-electron chi connectivity index (χ3n) is 3.79. The molecule has 0 amide bonds. The summed E-state index contributed by atoms with van der Waals surface area (Å²) in [5, 5.41) is 0.747. The van der Waals surface area contributed by atoms with Gasteiger partial charge in [-0.25, -0.2) is 0 Å². The average Bonchev–Trinajstić information content (AvgIpc) is 2.47. The van der Waals surface area contributed by atoms with Crippen molar-refractivity contribution in [1.29, 1.82) is 0 Å². The van der Waals surface area contributed by atoms with Crippen LogP contribution in [0.5, 0.6) is 5.75 Å². The summed E-state index contributed by atoms with van der Waals surface area (Å²) in [4.78, 5) is 0. The van der Waals surface area contributed by atoms with Gasteiger partial charge in [-0.1, -0.05) is 29.8 Å². The number of ether oxygens (including phenoxy) is 1. The van der Waals surface area contributed by atoms with Crippen molar-refractivity contribution in [2.45, 2.75) is 31.9 Å². The Labute approximate surface area is 124 Å². The van der Waals surface area contributed by atoms with Crippen LogP contribution in [0, 0.1) is 0 Å². The Morgan fingerprint density at radius 2 is 1.95 bits per heavy atom. The predicted octanol–water partition coefficient (Wildman–Crippen LogP) is 4.26. The lowest BCUT2D eigenvalue weighted by atomic mass is 9.88. The molecule has 0 radical (unpaired) electrons. The summed E-state index contributed by atoms with van der Waals surface area (Å²) in [5.74, 6) is 0.910. The van der Waals surface area contributed by atoms with Crippen LogP contribution in [0.25, 0.3) is 0 Å². The molecule has 3 rings (SSSR count). The van der Waals surface area contributed by atoms with Gasteiger partial charge in [-0.2, -0.15) is 0 Å². The van der Waals surface area contributed by atoms with Crippen molar-refractivity contribution in [2.24, 2.45) is 5.73 Å². The van der Waals surface area contributed by atoms with E-state index in [9.17, 15) is 0 Å². The first-order valence-electron chi connectivity index (χ1n) is 6.98. The highest BCUT2D eigenvalue weighted by Gasteiger charge is 2.16. The molecule has 3 heteroatoms. The molecule has 0 heterocycles. The van der Waals surface area contributed by atoms with E-state index in [1.54, 1.807) is 0 Å². The van der Waals surface area contributed by atoms with E-state index in [0.717, 1.165) is 35.6 Å². The summed E-state index contributed by atoms with van der Waals surface area (Å²) in [6.45, 7) is 0.558. The zero-order valence-electron chi connectivity index (χ0n) is 11.3. The molecule has 0 saturated carbocycles. The Morgan fingerprint density at radius 1 is 1.15 bits per heavy atom. The summed E-state index contributed by atoms with van der Waals surface area (Å²) in [5.41, 5.74) is 9.84. The van der Waals surface area contributed by atoms with Gasteiger partial charge >= 0.3 is 0 Å². The first-order chi connectivity index (χ1) is 9.72. The van der Waals surface area contributed by atoms with Gasteiger partial charge < -0.3 is 10.5 Å². The molecule has 0 saturated heterocycles. The van der Waals surface area contributed by atoms with Crippen molar-refractivity contribution < 1.29 is 4.74 Å². The zero-order valence-corrected chi connectivity index (χ0v) is 12.1. The second-order valence-electron chi connectivity index (χ2n) is 5.27. The molecule has 2 aromatic carbocycles. The van der Waals surface area contributed by atoms with Crippen molar-refractivity contribution in [3.8, 4) is 5.75 Å². The summed E-state index contributed by atoms with van der Waals surface area (Å²) >= 11 is 5.87. The summed E-state index contributed by atoms with van der Waals surface area (Å²) in [6, 6.07) is 14.2. The molecule has 0 bridgehead atoms. The van der Waals surface area contributed by atoms with Gasteiger partial charge in [0.25, 0.3) is 0 Å². The Hall–Kier alpha value is -1.51. The van der Waals surface area contributed by atoms with E-state index in [1.807, 2.05) is 30.3 Å². The van der Waals surface area contributed by atoms with Crippen LogP contribution < -0.4 is 10.5 Å². The van der Waals surface area contributed by atoms with E-state index in [4.69, 9.17) is 22.1 Å². The minimum Gasteiger partial charge on any atom is -0.489 e. The molecule has 0 aliphatic heterocycles. The second-order valence-corrected chi connectivity index (χ2v) is 5.71. The van der Waals surface area contributed by atoms with E-state index >= 15 is 0 Å². The minimum absolute atomic E-state index is 0.184. The summed E-state index contributed by atoms with van der Waals surface area (Å²) < 4.78 is 5.85. The standard InChI is InChI=1S/C17H18ClNO/c18-14-6-4-12(5-7-14)11-20-15-8-9-16-13(10-15)2-1-3-17(16)19/h4-10,17H,1-3,11,19H2. The predicted molar refractivity (Wildman–Crippen MR) is 82.1 cm³/mol. The van der Waals surface area contributed by atoms with Crippen LogP contribution >= 0.6 is 11.6 Å². The number of hydrogen-bond acceptors (Lipinski definition) is 2. The van der Waals surface area contributed by atoms with Crippen LogP contribution in [0.4, 0.5) is 0 Å². The number of rotatable bonds is 3. The molecule has 20 heavy (non-hydrogen) atoms. The zero-order chi connectivity index (χ0) is 13.9. The first-order valence-corrected chi connectivity index (χ1v) is 7.36. The lowest BCUT2D eigenvalue weighted by Gasteiger charge is -2.22.